The van der Waals surface area contributed by atoms with E-state index in [4.69, 9.17) is 16.3 Å². The number of ether oxygens (including phenoxy) is 1. The molecule has 0 aromatic rings. The van der Waals surface area contributed by atoms with Crippen molar-refractivity contribution in [3.05, 3.63) is 0 Å². The van der Waals surface area contributed by atoms with Gasteiger partial charge in [0.1, 0.15) is 6.35 Å². The normalized spacial score (nSPS) is 11.9. The Morgan fingerprint density at radius 2 is 1.91 bits per heavy atom. The van der Waals surface area contributed by atoms with E-state index in [0.717, 1.165) is 0 Å². The van der Waals surface area contributed by atoms with Crippen molar-refractivity contribution in [2.24, 2.45) is 0 Å². The molecule has 0 atom stereocenters. The fraction of sp³-hybridized carbons (Fsp3) is 1.00. The average molecular weight is 203 g/mol. The van der Waals surface area contributed by atoms with Gasteiger partial charge in [0.15, 0.2) is 0 Å². The molecule has 0 saturated heterocycles. The van der Waals surface area contributed by atoms with Crippen molar-refractivity contribution in [1.82, 2.24) is 0 Å². The molecular weight excluding hydrogens is 190 g/mol. The third-order valence-electron chi connectivity index (χ3n) is 1.03. The number of alkyl halides is 1. The highest BCUT2D eigenvalue weighted by molar-refractivity contribution is 7.53. The monoisotopic (exact) mass is 202 g/mol. The van der Waals surface area contributed by atoms with Crippen LogP contribution in [0.15, 0.2) is 0 Å². The molecule has 4 nitrogen and oxygen atoms in total. The molecule has 0 aliphatic rings. The third kappa shape index (κ3) is 4.77. The first kappa shape index (κ1) is 11.4. The Morgan fingerprint density at radius 1 is 1.36 bits per heavy atom. The summed E-state index contributed by atoms with van der Waals surface area (Å²) in [6.45, 7) is 0.346. The standard InChI is InChI=1S/C5H12ClO4P/c1-8-11(7,9-2)5-10-4-3-6/h3-5H2,1-2H3. The zero-order valence-electron chi connectivity index (χ0n) is 6.58. The van der Waals surface area contributed by atoms with Crippen molar-refractivity contribution in [2.75, 3.05) is 33.1 Å². The fourth-order valence-electron chi connectivity index (χ4n) is 0.411. The van der Waals surface area contributed by atoms with Crippen LogP contribution in [0.3, 0.4) is 0 Å². The quantitative estimate of drug-likeness (QED) is 0.374. The largest absolute Gasteiger partial charge is 0.368 e. The molecular formula is C5H12ClO4P. The van der Waals surface area contributed by atoms with Gasteiger partial charge in [0.25, 0.3) is 0 Å². The molecule has 0 unspecified atom stereocenters. The van der Waals surface area contributed by atoms with Gasteiger partial charge in [0.05, 0.1) is 6.61 Å². The minimum absolute atomic E-state index is 0.0489. The van der Waals surface area contributed by atoms with E-state index in [0.29, 0.717) is 12.5 Å². The van der Waals surface area contributed by atoms with Gasteiger partial charge in [-0.25, -0.2) is 0 Å². The lowest BCUT2D eigenvalue weighted by atomic mass is 10.9. The summed E-state index contributed by atoms with van der Waals surface area (Å²) in [6.07, 6.45) is -0.0489. The maximum absolute atomic E-state index is 11.2. The SMILES string of the molecule is COP(=O)(COCCCl)OC. The van der Waals surface area contributed by atoms with Gasteiger partial charge < -0.3 is 13.8 Å². The maximum atomic E-state index is 11.2. The van der Waals surface area contributed by atoms with E-state index in [9.17, 15) is 4.57 Å². The van der Waals surface area contributed by atoms with E-state index in [-0.39, 0.29) is 6.35 Å². The lowest BCUT2D eigenvalue weighted by Crippen LogP contribution is -2.01. The van der Waals surface area contributed by atoms with E-state index in [1.807, 2.05) is 0 Å². The number of hydrogen-bond acceptors (Lipinski definition) is 4. The van der Waals surface area contributed by atoms with Crippen molar-refractivity contribution < 1.29 is 18.3 Å². The van der Waals surface area contributed by atoms with Gasteiger partial charge in [-0.2, -0.15) is 0 Å². The zero-order valence-corrected chi connectivity index (χ0v) is 8.23. The Kier molecular flexibility index (Phi) is 6.19. The molecule has 0 heterocycles. The first-order valence-corrected chi connectivity index (χ1v) is 5.29. The van der Waals surface area contributed by atoms with E-state index >= 15 is 0 Å². The summed E-state index contributed by atoms with van der Waals surface area (Å²) >= 11 is 5.32. The summed E-state index contributed by atoms with van der Waals surface area (Å²) in [4.78, 5) is 0. The summed E-state index contributed by atoms with van der Waals surface area (Å²) in [6, 6.07) is 0. The summed E-state index contributed by atoms with van der Waals surface area (Å²) in [5.74, 6) is 0.368. The van der Waals surface area contributed by atoms with Crippen LogP contribution < -0.4 is 0 Å². The summed E-state index contributed by atoms with van der Waals surface area (Å²) in [5.41, 5.74) is 0. The maximum Gasteiger partial charge on any atom is 0.355 e. The van der Waals surface area contributed by atoms with Gasteiger partial charge >= 0.3 is 7.60 Å². The minimum Gasteiger partial charge on any atom is -0.368 e. The fourth-order valence-corrected chi connectivity index (χ4v) is 1.23. The van der Waals surface area contributed by atoms with Crippen molar-refractivity contribution in [3.63, 3.8) is 0 Å². The van der Waals surface area contributed by atoms with Crippen LogP contribution in [0.5, 0.6) is 0 Å². The molecule has 0 bridgehead atoms. The number of hydrogen-bond donors (Lipinski definition) is 0. The predicted octanol–water partition coefficient (Wildman–Crippen LogP) is 1.69. The Labute approximate surface area is 71.3 Å². The molecule has 0 radical (unpaired) electrons. The van der Waals surface area contributed by atoms with E-state index in [1.165, 1.54) is 14.2 Å². The summed E-state index contributed by atoms with van der Waals surface area (Å²) < 4.78 is 25.3. The Balaban J connectivity index is 3.61. The van der Waals surface area contributed by atoms with Crippen LogP contribution in [0, 0.1) is 0 Å². The molecule has 0 rings (SSSR count). The van der Waals surface area contributed by atoms with Crippen LogP contribution in [0.25, 0.3) is 0 Å². The Hall–Kier alpha value is 0.400. The molecule has 0 fully saturated rings. The molecule has 0 aromatic carbocycles. The molecule has 68 valence electrons. The summed E-state index contributed by atoms with van der Waals surface area (Å²) in [7, 11) is -0.364. The van der Waals surface area contributed by atoms with E-state index in [2.05, 4.69) is 9.05 Å². The number of rotatable bonds is 6. The van der Waals surface area contributed by atoms with Crippen molar-refractivity contribution in [3.8, 4) is 0 Å². The second-order valence-corrected chi connectivity index (χ2v) is 4.29. The predicted molar refractivity (Wildman–Crippen MR) is 43.2 cm³/mol. The molecule has 6 heteroatoms. The van der Waals surface area contributed by atoms with E-state index < -0.39 is 7.60 Å². The molecule has 0 N–H and O–H groups in total. The van der Waals surface area contributed by atoms with Crippen molar-refractivity contribution in [2.45, 2.75) is 0 Å². The zero-order chi connectivity index (χ0) is 8.74. The highest BCUT2D eigenvalue weighted by Gasteiger charge is 2.20. The van der Waals surface area contributed by atoms with Crippen LogP contribution in [-0.4, -0.2) is 33.1 Å². The molecule has 0 spiro atoms. The topological polar surface area (TPSA) is 44.8 Å². The Bertz CT molecular complexity index is 132. The second-order valence-electron chi connectivity index (χ2n) is 1.70. The van der Waals surface area contributed by atoms with Crippen LogP contribution in [-0.2, 0) is 18.3 Å². The molecule has 0 aliphatic heterocycles. The first-order valence-electron chi connectivity index (χ1n) is 3.03. The van der Waals surface area contributed by atoms with Crippen LogP contribution >= 0.6 is 19.2 Å². The van der Waals surface area contributed by atoms with Gasteiger partial charge in [0.2, 0.25) is 0 Å². The van der Waals surface area contributed by atoms with Gasteiger partial charge in [-0.05, 0) is 0 Å². The highest BCUT2D eigenvalue weighted by atomic mass is 35.5. The molecule has 0 amide bonds. The lowest BCUT2D eigenvalue weighted by Gasteiger charge is -2.12. The van der Waals surface area contributed by atoms with Crippen molar-refractivity contribution in [1.29, 1.82) is 0 Å². The molecule has 11 heavy (non-hydrogen) atoms. The van der Waals surface area contributed by atoms with Gasteiger partial charge in [-0.3, -0.25) is 4.57 Å². The van der Waals surface area contributed by atoms with Gasteiger partial charge in [0, 0.05) is 20.1 Å². The van der Waals surface area contributed by atoms with Gasteiger partial charge in [-0.1, -0.05) is 0 Å². The minimum atomic E-state index is -2.99. The lowest BCUT2D eigenvalue weighted by molar-refractivity contribution is 0.157. The van der Waals surface area contributed by atoms with Crippen molar-refractivity contribution >= 4 is 19.2 Å². The number of halogens is 1. The smallest absolute Gasteiger partial charge is 0.355 e. The van der Waals surface area contributed by atoms with Gasteiger partial charge in [-0.15, -0.1) is 11.6 Å². The summed E-state index contributed by atoms with van der Waals surface area (Å²) in [5, 5.41) is 0. The van der Waals surface area contributed by atoms with Crippen LogP contribution in [0.2, 0.25) is 0 Å². The molecule has 0 saturated carbocycles. The first-order chi connectivity index (χ1) is 5.18. The van der Waals surface area contributed by atoms with Crippen LogP contribution in [0.1, 0.15) is 0 Å². The Morgan fingerprint density at radius 3 is 2.27 bits per heavy atom. The third-order valence-corrected chi connectivity index (χ3v) is 2.79. The molecule has 0 aliphatic carbocycles. The van der Waals surface area contributed by atoms with E-state index in [1.54, 1.807) is 0 Å². The average Bonchev–Trinajstić information content (AvgIpc) is 2.05. The highest BCUT2D eigenvalue weighted by Crippen LogP contribution is 2.45. The second kappa shape index (κ2) is 5.98. The van der Waals surface area contributed by atoms with Crippen LogP contribution in [0.4, 0.5) is 0 Å². The molecule has 0 aromatic heterocycles.